The minimum absolute atomic E-state index is 0.692. The van der Waals surface area contributed by atoms with Crippen molar-refractivity contribution in [2.75, 3.05) is 20.8 Å². The summed E-state index contributed by atoms with van der Waals surface area (Å²) in [5, 5.41) is 3.15. The molecule has 1 aromatic rings. The number of hydrogen-bond acceptors (Lipinski definition) is 3. The summed E-state index contributed by atoms with van der Waals surface area (Å²) in [6.07, 6.45) is 6.64. The van der Waals surface area contributed by atoms with E-state index in [0.29, 0.717) is 5.92 Å². The molecule has 0 atom stereocenters. The van der Waals surface area contributed by atoms with Crippen molar-refractivity contribution in [1.82, 2.24) is 5.32 Å². The van der Waals surface area contributed by atoms with Crippen LogP contribution in [0.25, 0.3) is 0 Å². The molecule has 0 heterocycles. The van der Waals surface area contributed by atoms with E-state index in [1.54, 1.807) is 7.11 Å². The molecule has 0 radical (unpaired) electrons. The summed E-state index contributed by atoms with van der Waals surface area (Å²) in [4.78, 5) is 0. The molecule has 0 aromatic heterocycles. The maximum absolute atomic E-state index is 6.04. The lowest BCUT2D eigenvalue weighted by atomic mass is 9.90. The highest BCUT2D eigenvalue weighted by Gasteiger charge is 2.17. The number of hydrogen-bond donors (Lipinski definition) is 1. The van der Waals surface area contributed by atoms with Crippen molar-refractivity contribution in [2.24, 2.45) is 5.92 Å². The third-order valence-electron chi connectivity index (χ3n) is 3.86. The van der Waals surface area contributed by atoms with Crippen molar-refractivity contribution in [1.29, 1.82) is 0 Å². The second-order valence-corrected chi connectivity index (χ2v) is 6.31. The number of nitrogens with one attached hydrogen (secondary N) is 1. The van der Waals surface area contributed by atoms with Crippen LogP contribution in [0.15, 0.2) is 16.6 Å². The van der Waals surface area contributed by atoms with Crippen LogP contribution in [0, 0.1) is 5.92 Å². The molecule has 1 N–H and O–H groups in total. The van der Waals surface area contributed by atoms with Crippen LogP contribution >= 0.6 is 15.9 Å². The molecule has 112 valence electrons. The highest BCUT2D eigenvalue weighted by Crippen LogP contribution is 2.37. The van der Waals surface area contributed by atoms with Gasteiger partial charge in [0.05, 0.1) is 18.2 Å². The second kappa shape index (κ2) is 7.89. The molecule has 20 heavy (non-hydrogen) atoms. The molecule has 2 rings (SSSR count). The van der Waals surface area contributed by atoms with Gasteiger partial charge in [-0.15, -0.1) is 0 Å². The van der Waals surface area contributed by atoms with Crippen LogP contribution in [0.4, 0.5) is 0 Å². The van der Waals surface area contributed by atoms with Crippen LogP contribution in [0.2, 0.25) is 0 Å². The highest BCUT2D eigenvalue weighted by molar-refractivity contribution is 9.10. The highest BCUT2D eigenvalue weighted by atomic mass is 79.9. The molecule has 1 fully saturated rings. The van der Waals surface area contributed by atoms with Gasteiger partial charge in [-0.1, -0.05) is 19.3 Å². The molecule has 4 heteroatoms. The van der Waals surface area contributed by atoms with Crippen molar-refractivity contribution in [3.05, 3.63) is 22.2 Å². The summed E-state index contributed by atoms with van der Waals surface area (Å²) in [6, 6.07) is 4.13. The monoisotopic (exact) mass is 341 g/mol. The molecule has 0 spiro atoms. The largest absolute Gasteiger partial charge is 0.493 e. The number of halogens is 1. The second-order valence-electron chi connectivity index (χ2n) is 5.45. The van der Waals surface area contributed by atoms with E-state index in [9.17, 15) is 0 Å². The van der Waals surface area contributed by atoms with Crippen LogP contribution in [0.3, 0.4) is 0 Å². The molecule has 1 aliphatic rings. The fraction of sp³-hybridized carbons (Fsp3) is 0.625. The lowest BCUT2D eigenvalue weighted by Gasteiger charge is -2.23. The Morgan fingerprint density at radius 3 is 2.65 bits per heavy atom. The minimum Gasteiger partial charge on any atom is -0.493 e. The smallest absolute Gasteiger partial charge is 0.175 e. The first-order valence-electron chi connectivity index (χ1n) is 7.38. The normalized spacial score (nSPS) is 16.1. The van der Waals surface area contributed by atoms with E-state index >= 15 is 0 Å². The van der Waals surface area contributed by atoms with Gasteiger partial charge in [0, 0.05) is 6.54 Å². The molecule has 1 saturated carbocycles. The third kappa shape index (κ3) is 4.13. The Kier molecular flexibility index (Phi) is 6.17. The topological polar surface area (TPSA) is 30.5 Å². The van der Waals surface area contributed by atoms with Gasteiger partial charge in [-0.3, -0.25) is 0 Å². The fourth-order valence-electron chi connectivity index (χ4n) is 2.77. The Morgan fingerprint density at radius 1 is 1.25 bits per heavy atom. The quantitative estimate of drug-likeness (QED) is 0.843. The summed E-state index contributed by atoms with van der Waals surface area (Å²) >= 11 is 3.60. The summed E-state index contributed by atoms with van der Waals surface area (Å²) in [5.74, 6) is 2.33. The molecule has 1 aromatic carbocycles. The number of ether oxygens (including phenoxy) is 2. The zero-order chi connectivity index (χ0) is 14.4. The molecule has 1 aliphatic carbocycles. The van der Waals surface area contributed by atoms with Crippen LogP contribution in [-0.2, 0) is 6.54 Å². The molecule has 0 amide bonds. The summed E-state index contributed by atoms with van der Waals surface area (Å²) in [7, 11) is 3.63. The number of benzene rings is 1. The molecular formula is C16H24BrNO2. The third-order valence-corrected chi connectivity index (χ3v) is 4.45. The van der Waals surface area contributed by atoms with E-state index in [0.717, 1.165) is 29.1 Å². The predicted octanol–water partition coefficient (Wildman–Crippen LogP) is 4.14. The standard InChI is InChI=1S/C16H24BrNO2/c1-18-10-13-8-14(17)16(15(9-13)19-2)20-11-12-6-4-3-5-7-12/h8-9,12,18H,3-7,10-11H2,1-2H3. The number of rotatable bonds is 6. The average Bonchev–Trinajstić information content (AvgIpc) is 2.47. The average molecular weight is 342 g/mol. The Morgan fingerprint density at radius 2 is 2.00 bits per heavy atom. The molecule has 0 saturated heterocycles. The Balaban J connectivity index is 2.05. The van der Waals surface area contributed by atoms with Gasteiger partial charge < -0.3 is 14.8 Å². The van der Waals surface area contributed by atoms with Gasteiger partial charge >= 0.3 is 0 Å². The van der Waals surface area contributed by atoms with Gasteiger partial charge in [-0.2, -0.15) is 0 Å². The van der Waals surface area contributed by atoms with Gasteiger partial charge in [0.1, 0.15) is 0 Å². The molecule has 0 unspecified atom stereocenters. The van der Waals surface area contributed by atoms with E-state index in [4.69, 9.17) is 9.47 Å². The molecular weight excluding hydrogens is 318 g/mol. The Labute approximate surface area is 130 Å². The van der Waals surface area contributed by atoms with Gasteiger partial charge in [-0.05, 0) is 59.4 Å². The van der Waals surface area contributed by atoms with E-state index < -0.39 is 0 Å². The van der Waals surface area contributed by atoms with Crippen LogP contribution < -0.4 is 14.8 Å². The van der Waals surface area contributed by atoms with Gasteiger partial charge in [0.25, 0.3) is 0 Å². The van der Waals surface area contributed by atoms with E-state index in [2.05, 4.69) is 27.3 Å². The number of methoxy groups -OCH3 is 1. The lowest BCUT2D eigenvalue weighted by molar-refractivity contribution is 0.201. The summed E-state index contributed by atoms with van der Waals surface area (Å²) < 4.78 is 12.5. The van der Waals surface area contributed by atoms with Crippen molar-refractivity contribution in [3.63, 3.8) is 0 Å². The van der Waals surface area contributed by atoms with Gasteiger partial charge in [0.15, 0.2) is 11.5 Å². The first kappa shape index (κ1) is 15.6. The van der Waals surface area contributed by atoms with Crippen molar-refractivity contribution >= 4 is 15.9 Å². The summed E-state index contributed by atoms with van der Waals surface area (Å²) in [6.45, 7) is 1.61. The van der Waals surface area contributed by atoms with Crippen molar-refractivity contribution in [3.8, 4) is 11.5 Å². The molecule has 0 bridgehead atoms. The van der Waals surface area contributed by atoms with E-state index in [1.807, 2.05) is 13.1 Å². The van der Waals surface area contributed by atoms with Gasteiger partial charge in [-0.25, -0.2) is 0 Å². The first-order chi connectivity index (χ1) is 9.74. The van der Waals surface area contributed by atoms with E-state index in [-0.39, 0.29) is 0 Å². The molecule has 0 aliphatic heterocycles. The van der Waals surface area contributed by atoms with Crippen molar-refractivity contribution in [2.45, 2.75) is 38.6 Å². The Hall–Kier alpha value is -0.740. The van der Waals surface area contributed by atoms with E-state index in [1.165, 1.54) is 37.7 Å². The fourth-order valence-corrected chi connectivity index (χ4v) is 3.38. The predicted molar refractivity (Wildman–Crippen MR) is 85.5 cm³/mol. The zero-order valence-electron chi connectivity index (χ0n) is 12.4. The zero-order valence-corrected chi connectivity index (χ0v) is 14.0. The Bertz CT molecular complexity index is 431. The summed E-state index contributed by atoms with van der Waals surface area (Å²) in [5.41, 5.74) is 1.18. The first-order valence-corrected chi connectivity index (χ1v) is 8.17. The van der Waals surface area contributed by atoms with Crippen LogP contribution in [0.5, 0.6) is 11.5 Å². The van der Waals surface area contributed by atoms with Crippen molar-refractivity contribution < 1.29 is 9.47 Å². The van der Waals surface area contributed by atoms with Gasteiger partial charge in [0.2, 0.25) is 0 Å². The lowest BCUT2D eigenvalue weighted by Crippen LogP contribution is -2.16. The maximum atomic E-state index is 6.04. The molecule has 3 nitrogen and oxygen atoms in total. The SMILES string of the molecule is CNCc1cc(Br)c(OCC2CCCCC2)c(OC)c1. The maximum Gasteiger partial charge on any atom is 0.175 e. The minimum atomic E-state index is 0.692. The van der Waals surface area contributed by atoms with Crippen LogP contribution in [-0.4, -0.2) is 20.8 Å². The van der Waals surface area contributed by atoms with Crippen LogP contribution in [0.1, 0.15) is 37.7 Å².